The first kappa shape index (κ1) is 12.7. The topological polar surface area (TPSA) is 46.5 Å². The van der Waals surface area contributed by atoms with E-state index in [1.165, 1.54) is 5.56 Å². The Kier molecular flexibility index (Phi) is 4.50. The van der Waals surface area contributed by atoms with Crippen molar-refractivity contribution in [3.05, 3.63) is 35.4 Å². The third-order valence-electron chi connectivity index (χ3n) is 2.25. The third-order valence-corrected chi connectivity index (χ3v) is 2.25. The van der Waals surface area contributed by atoms with Gasteiger partial charge in [0, 0.05) is 6.42 Å². The smallest absolute Gasteiger partial charge is 0.333 e. The molecule has 1 aromatic carbocycles. The van der Waals surface area contributed by atoms with Crippen LogP contribution in [0.2, 0.25) is 0 Å². The van der Waals surface area contributed by atoms with Gasteiger partial charge in [0.15, 0.2) is 6.10 Å². The molecular weight excluding hydrogens is 204 g/mol. The number of ether oxygens (including phenoxy) is 1. The molecule has 0 aliphatic rings. The van der Waals surface area contributed by atoms with Gasteiger partial charge in [-0.05, 0) is 26.3 Å². The van der Waals surface area contributed by atoms with Gasteiger partial charge in [-0.2, -0.15) is 0 Å². The van der Waals surface area contributed by atoms with Crippen molar-refractivity contribution in [3.63, 3.8) is 0 Å². The van der Waals surface area contributed by atoms with Crippen molar-refractivity contribution in [2.45, 2.75) is 39.4 Å². The number of benzene rings is 1. The zero-order valence-corrected chi connectivity index (χ0v) is 9.93. The van der Waals surface area contributed by atoms with Crippen molar-refractivity contribution in [1.82, 2.24) is 0 Å². The first-order valence-corrected chi connectivity index (χ1v) is 5.43. The molecule has 0 amide bonds. The molecule has 3 heteroatoms. The normalized spacial score (nSPS) is 12.8. The molecule has 0 aliphatic carbocycles. The van der Waals surface area contributed by atoms with Gasteiger partial charge in [0.05, 0.1) is 6.10 Å². The highest BCUT2D eigenvalue weighted by Crippen LogP contribution is 2.10. The van der Waals surface area contributed by atoms with Crippen molar-refractivity contribution in [2.75, 3.05) is 0 Å². The van der Waals surface area contributed by atoms with E-state index >= 15 is 0 Å². The summed E-state index contributed by atoms with van der Waals surface area (Å²) in [5.41, 5.74) is 2.15. The largest absolute Gasteiger partial charge is 0.479 e. The van der Waals surface area contributed by atoms with Crippen LogP contribution in [0.25, 0.3) is 0 Å². The Morgan fingerprint density at radius 3 is 2.31 bits per heavy atom. The Labute approximate surface area is 96.1 Å². The number of carboxylic acid groups (broad SMARTS) is 1. The monoisotopic (exact) mass is 222 g/mol. The third kappa shape index (κ3) is 4.03. The quantitative estimate of drug-likeness (QED) is 0.832. The zero-order chi connectivity index (χ0) is 12.1. The fourth-order valence-electron chi connectivity index (χ4n) is 1.46. The number of rotatable bonds is 5. The Morgan fingerprint density at radius 2 is 1.88 bits per heavy atom. The highest BCUT2D eigenvalue weighted by Gasteiger charge is 2.19. The minimum atomic E-state index is -0.908. The van der Waals surface area contributed by atoms with Crippen molar-refractivity contribution in [3.8, 4) is 0 Å². The number of aryl methyl sites for hydroxylation is 1. The Bertz CT molecular complexity index is 341. The van der Waals surface area contributed by atoms with Crippen molar-refractivity contribution >= 4 is 5.97 Å². The van der Waals surface area contributed by atoms with Gasteiger partial charge in [-0.3, -0.25) is 0 Å². The van der Waals surface area contributed by atoms with E-state index in [1.54, 1.807) is 0 Å². The molecule has 0 radical (unpaired) electrons. The minimum absolute atomic E-state index is 0.0773. The first-order chi connectivity index (χ1) is 7.49. The molecule has 0 aliphatic heterocycles. The van der Waals surface area contributed by atoms with E-state index in [4.69, 9.17) is 9.84 Å². The van der Waals surface area contributed by atoms with Gasteiger partial charge in [0.25, 0.3) is 0 Å². The van der Waals surface area contributed by atoms with Crippen LogP contribution in [0.3, 0.4) is 0 Å². The Morgan fingerprint density at radius 1 is 1.31 bits per heavy atom. The SMILES string of the molecule is Cc1ccc(C[C@@H](OC(C)C)C(=O)O)cc1. The molecule has 3 nitrogen and oxygen atoms in total. The maximum absolute atomic E-state index is 11.0. The molecule has 0 saturated carbocycles. The summed E-state index contributed by atoms with van der Waals surface area (Å²) in [6.45, 7) is 5.68. The van der Waals surface area contributed by atoms with Crippen LogP contribution in [-0.2, 0) is 16.0 Å². The van der Waals surface area contributed by atoms with E-state index in [2.05, 4.69) is 0 Å². The molecule has 0 saturated heterocycles. The molecule has 1 N–H and O–H groups in total. The van der Waals surface area contributed by atoms with E-state index in [0.717, 1.165) is 5.56 Å². The second kappa shape index (κ2) is 5.66. The lowest BCUT2D eigenvalue weighted by Gasteiger charge is -2.16. The first-order valence-electron chi connectivity index (χ1n) is 5.43. The van der Waals surface area contributed by atoms with Crippen molar-refractivity contribution in [2.24, 2.45) is 0 Å². The Hall–Kier alpha value is -1.35. The van der Waals surface area contributed by atoms with Crippen LogP contribution >= 0.6 is 0 Å². The molecule has 0 heterocycles. The highest BCUT2D eigenvalue weighted by atomic mass is 16.5. The van der Waals surface area contributed by atoms with Gasteiger partial charge < -0.3 is 9.84 Å². The molecule has 0 unspecified atom stereocenters. The van der Waals surface area contributed by atoms with Crippen LogP contribution < -0.4 is 0 Å². The van der Waals surface area contributed by atoms with Crippen molar-refractivity contribution in [1.29, 1.82) is 0 Å². The molecule has 0 fully saturated rings. The average molecular weight is 222 g/mol. The number of hydrogen-bond acceptors (Lipinski definition) is 2. The summed E-state index contributed by atoms with van der Waals surface area (Å²) in [4.78, 5) is 11.0. The summed E-state index contributed by atoms with van der Waals surface area (Å²) in [6.07, 6.45) is -0.428. The van der Waals surface area contributed by atoms with Crippen LogP contribution in [-0.4, -0.2) is 23.3 Å². The highest BCUT2D eigenvalue weighted by molar-refractivity contribution is 5.72. The standard InChI is InChI=1S/C13H18O3/c1-9(2)16-12(13(14)15)8-11-6-4-10(3)5-7-11/h4-7,9,12H,8H2,1-3H3,(H,14,15)/t12-/m1/s1. The van der Waals surface area contributed by atoms with Gasteiger partial charge in [-0.25, -0.2) is 4.79 Å². The average Bonchev–Trinajstić information content (AvgIpc) is 2.19. The predicted octanol–water partition coefficient (Wildman–Crippen LogP) is 2.42. The maximum Gasteiger partial charge on any atom is 0.333 e. The fourth-order valence-corrected chi connectivity index (χ4v) is 1.46. The van der Waals surface area contributed by atoms with Gasteiger partial charge in [-0.15, -0.1) is 0 Å². The lowest BCUT2D eigenvalue weighted by atomic mass is 10.1. The van der Waals surface area contributed by atoms with Gasteiger partial charge in [-0.1, -0.05) is 29.8 Å². The van der Waals surface area contributed by atoms with Crippen LogP contribution in [0, 0.1) is 6.92 Å². The van der Waals surface area contributed by atoms with Gasteiger partial charge in [0.1, 0.15) is 0 Å². The number of aliphatic carboxylic acids is 1. The van der Waals surface area contributed by atoms with Crippen LogP contribution in [0.4, 0.5) is 0 Å². The minimum Gasteiger partial charge on any atom is -0.479 e. The van der Waals surface area contributed by atoms with Gasteiger partial charge in [0.2, 0.25) is 0 Å². The number of hydrogen-bond donors (Lipinski definition) is 1. The summed E-state index contributed by atoms with van der Waals surface area (Å²) in [6, 6.07) is 7.83. The molecule has 1 aromatic rings. The second-order valence-corrected chi connectivity index (χ2v) is 4.20. The van der Waals surface area contributed by atoms with E-state index in [-0.39, 0.29) is 6.10 Å². The summed E-state index contributed by atoms with van der Waals surface area (Å²) in [5.74, 6) is -0.908. The fraction of sp³-hybridized carbons (Fsp3) is 0.462. The molecule has 0 spiro atoms. The number of carbonyl (C=O) groups is 1. The Balaban J connectivity index is 2.68. The number of carboxylic acids is 1. The molecule has 16 heavy (non-hydrogen) atoms. The second-order valence-electron chi connectivity index (χ2n) is 4.20. The van der Waals surface area contributed by atoms with E-state index in [1.807, 2.05) is 45.0 Å². The maximum atomic E-state index is 11.0. The van der Waals surface area contributed by atoms with Gasteiger partial charge >= 0.3 is 5.97 Å². The molecule has 0 aromatic heterocycles. The summed E-state index contributed by atoms with van der Waals surface area (Å²) >= 11 is 0. The van der Waals surface area contributed by atoms with E-state index < -0.39 is 12.1 Å². The zero-order valence-electron chi connectivity index (χ0n) is 9.93. The molecule has 1 rings (SSSR count). The molecular formula is C13H18O3. The molecule has 0 bridgehead atoms. The summed E-state index contributed by atoms with van der Waals surface area (Å²) in [7, 11) is 0. The van der Waals surface area contributed by atoms with Crippen molar-refractivity contribution < 1.29 is 14.6 Å². The predicted molar refractivity (Wildman–Crippen MR) is 62.5 cm³/mol. The molecule has 88 valence electrons. The lowest BCUT2D eigenvalue weighted by Crippen LogP contribution is -2.29. The van der Waals surface area contributed by atoms with E-state index in [9.17, 15) is 4.79 Å². The lowest BCUT2D eigenvalue weighted by molar-refractivity contribution is -0.153. The summed E-state index contributed by atoms with van der Waals surface area (Å²) in [5, 5.41) is 9.01. The van der Waals surface area contributed by atoms with Crippen LogP contribution in [0.5, 0.6) is 0 Å². The summed E-state index contributed by atoms with van der Waals surface area (Å²) < 4.78 is 5.35. The van der Waals surface area contributed by atoms with E-state index in [0.29, 0.717) is 6.42 Å². The molecule has 1 atom stereocenters. The van der Waals surface area contributed by atoms with Crippen LogP contribution in [0.15, 0.2) is 24.3 Å². The van der Waals surface area contributed by atoms with Crippen LogP contribution in [0.1, 0.15) is 25.0 Å².